The fourth-order valence-corrected chi connectivity index (χ4v) is 1.78. The third kappa shape index (κ3) is 3.31. The summed E-state index contributed by atoms with van der Waals surface area (Å²) < 4.78 is 12.8. The molecule has 4 heteroatoms. The molecule has 0 spiro atoms. The molecule has 0 aliphatic heterocycles. The summed E-state index contributed by atoms with van der Waals surface area (Å²) in [5.41, 5.74) is 7.67. The number of anilines is 1. The number of nitrogen functional groups attached to an aromatic ring is 1. The van der Waals surface area contributed by atoms with Crippen LogP contribution in [0.5, 0.6) is 0 Å². The number of nitrogens with zero attached hydrogens (tertiary/aromatic N) is 1. The highest BCUT2D eigenvalue weighted by atomic mass is 19.1. The second-order valence-corrected chi connectivity index (χ2v) is 4.41. The number of hydrogen-bond donors (Lipinski definition) is 1. The van der Waals surface area contributed by atoms with Gasteiger partial charge < -0.3 is 10.6 Å². The average molecular weight is 258 g/mol. The molecular weight excluding hydrogens is 243 g/mol. The van der Waals surface area contributed by atoms with Crippen LogP contribution in [0.3, 0.4) is 0 Å². The van der Waals surface area contributed by atoms with Crippen molar-refractivity contribution in [3.63, 3.8) is 0 Å². The molecule has 0 saturated heterocycles. The van der Waals surface area contributed by atoms with Crippen LogP contribution in [0, 0.1) is 5.82 Å². The lowest BCUT2D eigenvalue weighted by atomic mass is 10.1. The second kappa shape index (κ2) is 5.52. The fraction of sp³-hybridized carbons (Fsp3) is 0.133. The molecule has 1 amide bonds. The largest absolute Gasteiger partial charge is 0.399 e. The first-order valence-electron chi connectivity index (χ1n) is 5.92. The van der Waals surface area contributed by atoms with E-state index in [0.717, 1.165) is 5.56 Å². The molecule has 2 N–H and O–H groups in total. The Morgan fingerprint density at radius 2 is 1.68 bits per heavy atom. The van der Waals surface area contributed by atoms with Crippen LogP contribution < -0.4 is 5.73 Å². The van der Waals surface area contributed by atoms with Gasteiger partial charge in [-0.15, -0.1) is 0 Å². The summed E-state index contributed by atoms with van der Waals surface area (Å²) >= 11 is 0. The average Bonchev–Trinajstić information content (AvgIpc) is 2.41. The molecule has 0 bridgehead atoms. The molecule has 0 atom stereocenters. The van der Waals surface area contributed by atoms with Crippen molar-refractivity contribution in [3.05, 3.63) is 65.5 Å². The second-order valence-electron chi connectivity index (χ2n) is 4.41. The number of carbonyl (C=O) groups is 1. The third-order valence-electron chi connectivity index (χ3n) is 2.84. The summed E-state index contributed by atoms with van der Waals surface area (Å²) in [5, 5.41) is 0. The Morgan fingerprint density at radius 3 is 2.26 bits per heavy atom. The zero-order valence-electron chi connectivity index (χ0n) is 10.6. The van der Waals surface area contributed by atoms with Crippen LogP contribution in [0.15, 0.2) is 48.5 Å². The van der Waals surface area contributed by atoms with E-state index in [9.17, 15) is 9.18 Å². The Kier molecular flexibility index (Phi) is 3.80. The standard InChI is InChI=1S/C15H15FN2O/c1-18(10-11-2-6-13(16)7-3-11)15(19)12-4-8-14(17)9-5-12/h2-9H,10,17H2,1H3. The van der Waals surface area contributed by atoms with Crippen molar-refractivity contribution in [2.75, 3.05) is 12.8 Å². The Morgan fingerprint density at radius 1 is 1.11 bits per heavy atom. The number of amides is 1. The summed E-state index contributed by atoms with van der Waals surface area (Å²) in [5.74, 6) is -0.374. The Hall–Kier alpha value is -2.36. The minimum atomic E-state index is -0.281. The van der Waals surface area contributed by atoms with Crippen LogP contribution in [0.25, 0.3) is 0 Å². The Labute approximate surface area is 111 Å². The van der Waals surface area contributed by atoms with Crippen LogP contribution in [-0.2, 0) is 6.54 Å². The van der Waals surface area contributed by atoms with Crippen molar-refractivity contribution in [2.24, 2.45) is 0 Å². The van der Waals surface area contributed by atoms with Crippen molar-refractivity contribution in [2.45, 2.75) is 6.54 Å². The summed E-state index contributed by atoms with van der Waals surface area (Å²) in [6.07, 6.45) is 0. The Balaban J connectivity index is 2.07. The van der Waals surface area contributed by atoms with Gasteiger partial charge in [-0.25, -0.2) is 4.39 Å². The third-order valence-corrected chi connectivity index (χ3v) is 2.84. The highest BCUT2D eigenvalue weighted by Crippen LogP contribution is 2.11. The summed E-state index contributed by atoms with van der Waals surface area (Å²) in [4.78, 5) is 13.7. The van der Waals surface area contributed by atoms with Crippen LogP contribution >= 0.6 is 0 Å². The van der Waals surface area contributed by atoms with Gasteiger partial charge in [0.05, 0.1) is 0 Å². The van der Waals surface area contributed by atoms with Gasteiger partial charge >= 0.3 is 0 Å². The summed E-state index contributed by atoms with van der Waals surface area (Å²) in [6, 6.07) is 12.9. The topological polar surface area (TPSA) is 46.3 Å². The molecule has 3 nitrogen and oxygen atoms in total. The molecule has 0 aliphatic rings. The van der Waals surface area contributed by atoms with Crippen molar-refractivity contribution in [3.8, 4) is 0 Å². The van der Waals surface area contributed by atoms with Gasteiger partial charge in [0.25, 0.3) is 5.91 Å². The Bertz CT molecular complexity index is 564. The summed E-state index contributed by atoms with van der Waals surface area (Å²) in [7, 11) is 1.71. The molecule has 0 fully saturated rings. The van der Waals surface area contributed by atoms with Gasteiger partial charge in [0.1, 0.15) is 5.82 Å². The normalized spacial score (nSPS) is 10.2. The molecule has 2 aromatic carbocycles. The molecule has 0 heterocycles. The quantitative estimate of drug-likeness (QED) is 0.860. The van der Waals surface area contributed by atoms with Crippen molar-refractivity contribution in [1.29, 1.82) is 0 Å². The maximum absolute atomic E-state index is 12.8. The number of nitrogens with two attached hydrogens (primary N) is 1. The lowest BCUT2D eigenvalue weighted by Crippen LogP contribution is -2.26. The van der Waals surface area contributed by atoms with Crippen LogP contribution in [0.1, 0.15) is 15.9 Å². The zero-order valence-corrected chi connectivity index (χ0v) is 10.6. The SMILES string of the molecule is CN(Cc1ccc(F)cc1)C(=O)c1ccc(N)cc1. The molecule has 2 rings (SSSR count). The van der Waals surface area contributed by atoms with Crippen molar-refractivity contribution in [1.82, 2.24) is 4.90 Å². The first kappa shape index (κ1) is 13.1. The van der Waals surface area contributed by atoms with E-state index in [1.165, 1.54) is 12.1 Å². The number of hydrogen-bond acceptors (Lipinski definition) is 2. The number of carbonyl (C=O) groups excluding carboxylic acids is 1. The lowest BCUT2D eigenvalue weighted by Gasteiger charge is -2.17. The molecule has 0 unspecified atom stereocenters. The molecule has 98 valence electrons. The van der Waals surface area contributed by atoms with Gasteiger partial charge in [0.2, 0.25) is 0 Å². The predicted octanol–water partition coefficient (Wildman–Crippen LogP) is 2.68. The van der Waals surface area contributed by atoms with Gasteiger partial charge in [-0.1, -0.05) is 12.1 Å². The first-order valence-corrected chi connectivity index (χ1v) is 5.92. The smallest absolute Gasteiger partial charge is 0.253 e. The minimum absolute atomic E-state index is 0.0932. The van der Waals surface area contributed by atoms with Gasteiger partial charge in [-0.05, 0) is 42.0 Å². The first-order chi connectivity index (χ1) is 9.06. The number of benzene rings is 2. The molecule has 0 aromatic heterocycles. The van der Waals surface area contributed by atoms with Crippen molar-refractivity contribution >= 4 is 11.6 Å². The highest BCUT2D eigenvalue weighted by Gasteiger charge is 2.11. The van der Waals surface area contributed by atoms with E-state index in [-0.39, 0.29) is 11.7 Å². The van der Waals surface area contributed by atoms with Gasteiger partial charge in [0.15, 0.2) is 0 Å². The number of rotatable bonds is 3. The van der Waals surface area contributed by atoms with E-state index in [1.54, 1.807) is 48.3 Å². The maximum atomic E-state index is 12.8. The maximum Gasteiger partial charge on any atom is 0.253 e. The van der Waals surface area contributed by atoms with E-state index in [1.807, 2.05) is 0 Å². The molecule has 0 saturated carbocycles. The van der Waals surface area contributed by atoms with E-state index in [4.69, 9.17) is 5.73 Å². The van der Waals surface area contributed by atoms with E-state index < -0.39 is 0 Å². The molecule has 0 radical (unpaired) electrons. The fourth-order valence-electron chi connectivity index (χ4n) is 1.78. The van der Waals surface area contributed by atoms with E-state index >= 15 is 0 Å². The molecule has 0 aliphatic carbocycles. The van der Waals surface area contributed by atoms with Crippen LogP contribution in [-0.4, -0.2) is 17.9 Å². The zero-order chi connectivity index (χ0) is 13.8. The summed E-state index contributed by atoms with van der Waals surface area (Å²) in [6.45, 7) is 0.434. The van der Waals surface area contributed by atoms with Crippen LogP contribution in [0.4, 0.5) is 10.1 Å². The minimum Gasteiger partial charge on any atom is -0.399 e. The van der Waals surface area contributed by atoms with Gasteiger partial charge in [0, 0.05) is 24.8 Å². The van der Waals surface area contributed by atoms with E-state index in [2.05, 4.69) is 0 Å². The number of halogens is 1. The molecule has 19 heavy (non-hydrogen) atoms. The molecule has 2 aromatic rings. The monoisotopic (exact) mass is 258 g/mol. The lowest BCUT2D eigenvalue weighted by molar-refractivity contribution is 0.0785. The molecular formula is C15H15FN2O. The van der Waals surface area contributed by atoms with Crippen molar-refractivity contribution < 1.29 is 9.18 Å². The van der Waals surface area contributed by atoms with Crippen LogP contribution in [0.2, 0.25) is 0 Å². The van der Waals surface area contributed by atoms with Gasteiger partial charge in [-0.2, -0.15) is 0 Å². The predicted molar refractivity (Wildman–Crippen MR) is 73.1 cm³/mol. The van der Waals surface area contributed by atoms with E-state index in [0.29, 0.717) is 17.8 Å². The van der Waals surface area contributed by atoms with Gasteiger partial charge in [-0.3, -0.25) is 4.79 Å². The highest BCUT2D eigenvalue weighted by molar-refractivity contribution is 5.94.